The zero-order valence-corrected chi connectivity index (χ0v) is 34.8. The molecule has 5 aliphatic rings. The van der Waals surface area contributed by atoms with E-state index in [1.165, 1.54) is 10.5 Å². The minimum atomic E-state index is -1.46. The molecule has 0 radical (unpaired) electrons. The molecule has 8 atom stereocenters. The van der Waals surface area contributed by atoms with Crippen LogP contribution in [0.2, 0.25) is 0 Å². The third-order valence-corrected chi connectivity index (χ3v) is 16.5. The fourth-order valence-corrected chi connectivity index (χ4v) is 13.4. The Kier molecular flexibility index (Phi) is 10.6. The van der Waals surface area contributed by atoms with Crippen molar-refractivity contribution in [1.29, 1.82) is 0 Å². The lowest BCUT2D eigenvalue weighted by atomic mass is 9.33. The molecule has 0 aliphatic heterocycles. The van der Waals surface area contributed by atoms with E-state index >= 15 is 0 Å². The van der Waals surface area contributed by atoms with E-state index in [0.717, 1.165) is 62.5 Å². The predicted octanol–water partition coefficient (Wildman–Crippen LogP) is 8.88. The highest BCUT2D eigenvalue weighted by Gasteiger charge is 2.70. The molecule has 55 heavy (non-hydrogen) atoms. The van der Waals surface area contributed by atoms with E-state index in [0.29, 0.717) is 24.7 Å². The number of ketones is 1. The summed E-state index contributed by atoms with van der Waals surface area (Å²) < 4.78 is 6.16. The van der Waals surface area contributed by atoms with Crippen LogP contribution >= 0.6 is 0 Å². The summed E-state index contributed by atoms with van der Waals surface area (Å²) >= 11 is 0. The minimum absolute atomic E-state index is 0.0117. The van der Waals surface area contributed by atoms with Crippen molar-refractivity contribution in [3.8, 4) is 0 Å². The van der Waals surface area contributed by atoms with E-state index in [1.807, 2.05) is 30.3 Å². The number of amides is 1. The summed E-state index contributed by atoms with van der Waals surface area (Å²) in [6, 6.07) is 9.50. The fraction of sp³-hybridized carbons (Fsp3) is 0.717. The molecule has 1 aromatic rings. The van der Waals surface area contributed by atoms with Crippen molar-refractivity contribution in [2.45, 2.75) is 146 Å². The molecule has 9 heteroatoms. The van der Waals surface area contributed by atoms with Gasteiger partial charge in [-0.3, -0.25) is 19.2 Å². The van der Waals surface area contributed by atoms with E-state index in [4.69, 9.17) is 4.74 Å². The molecular weight excluding hydrogens is 695 g/mol. The Morgan fingerprint density at radius 3 is 2.16 bits per heavy atom. The number of nitrogens with zero attached hydrogens (tertiary/aromatic N) is 1. The summed E-state index contributed by atoms with van der Waals surface area (Å²) in [4.78, 5) is 65.5. The quantitative estimate of drug-likeness (QED) is 0.178. The van der Waals surface area contributed by atoms with Crippen LogP contribution in [0, 0.1) is 56.2 Å². The third kappa shape index (κ3) is 6.67. The molecule has 9 nitrogen and oxygen atoms in total. The van der Waals surface area contributed by atoms with Gasteiger partial charge >= 0.3 is 23.8 Å². The summed E-state index contributed by atoms with van der Waals surface area (Å²) in [7, 11) is 0. The van der Waals surface area contributed by atoms with Crippen molar-refractivity contribution in [3.05, 3.63) is 47.0 Å². The van der Waals surface area contributed by atoms with Gasteiger partial charge in [0.1, 0.15) is 6.10 Å². The number of allylic oxidation sites excluding steroid dienone is 2. The van der Waals surface area contributed by atoms with Crippen LogP contribution < -0.4 is 0 Å². The highest BCUT2D eigenvalue weighted by atomic mass is 16.5. The molecule has 0 heterocycles. The molecule has 4 saturated carbocycles. The van der Waals surface area contributed by atoms with Crippen LogP contribution in [0.25, 0.3) is 0 Å². The van der Waals surface area contributed by atoms with Crippen molar-refractivity contribution in [1.82, 2.24) is 4.90 Å². The topological polar surface area (TPSA) is 138 Å². The number of Topliss-reactive ketones (excluding diaryl/α,β-unsaturated/α-hetero) is 1. The Bertz CT molecular complexity index is 1760. The number of carbonyl (C=O) groups excluding carboxylic acids is 3. The predicted molar refractivity (Wildman–Crippen MR) is 209 cm³/mol. The molecule has 0 aromatic heterocycles. The van der Waals surface area contributed by atoms with Crippen LogP contribution in [0.1, 0.15) is 139 Å². The van der Waals surface area contributed by atoms with Gasteiger partial charge in [-0.05, 0) is 123 Å². The maximum absolute atomic E-state index is 14.1. The summed E-state index contributed by atoms with van der Waals surface area (Å²) in [6.45, 7) is 19.9. The highest BCUT2D eigenvalue weighted by molar-refractivity contribution is 6.31. The van der Waals surface area contributed by atoms with Crippen LogP contribution in [-0.2, 0) is 35.3 Å². The average Bonchev–Trinajstić information content (AvgIpc) is 3.40. The summed E-state index contributed by atoms with van der Waals surface area (Å²) in [6.07, 6.45) is 8.19. The standard InChI is InChI=1S/C46H65NO8/c1-28(2)36-31(48)25-46(23-24-47(38(50)39(51)52)27-29-13-11-10-12-14-29)22-21-44(8)30(37(36)46)15-16-33-43(7)19-18-34(55-35(49)26-41(3,4)40(53)54)42(5,6)32(43)17-20-45(33,44)9/h10-14,28,30,32-34H,15-27H2,1-9H3,(H,51,52)(H,53,54)/t30-,32-,33-,34+,43+,44-,45-,46-/m1/s1. The number of ether oxygens (including phenoxy) is 1. The molecule has 0 bridgehead atoms. The minimum Gasteiger partial charge on any atom is -0.481 e. The van der Waals surface area contributed by atoms with Crippen molar-refractivity contribution in [2.75, 3.05) is 6.54 Å². The Hall–Kier alpha value is -3.49. The van der Waals surface area contributed by atoms with Crippen LogP contribution in [0.4, 0.5) is 0 Å². The van der Waals surface area contributed by atoms with Crippen molar-refractivity contribution in [2.24, 2.45) is 56.2 Å². The van der Waals surface area contributed by atoms with Gasteiger partial charge < -0.3 is 19.8 Å². The zero-order chi connectivity index (χ0) is 40.5. The Morgan fingerprint density at radius 2 is 1.55 bits per heavy atom. The van der Waals surface area contributed by atoms with Gasteiger partial charge in [0.25, 0.3) is 0 Å². The molecule has 6 rings (SSSR count). The SMILES string of the molecule is CC(C)C1=C2[C@H]3CC[C@@H]4[C@@]5(C)CC[C@H](OC(=O)CC(C)(C)C(=O)O)C(C)(C)[C@H]5CC[C@@]4(C)[C@]3(C)CC[C@@]2(CCN(Cc2ccccc2)C(=O)C(=O)O)CC1=O. The number of carbonyl (C=O) groups is 5. The molecule has 4 fully saturated rings. The number of esters is 1. The van der Waals surface area contributed by atoms with Gasteiger partial charge in [-0.25, -0.2) is 4.79 Å². The van der Waals surface area contributed by atoms with E-state index in [2.05, 4.69) is 48.5 Å². The number of rotatable bonds is 10. The molecule has 5 aliphatic carbocycles. The zero-order valence-electron chi connectivity index (χ0n) is 34.8. The van der Waals surface area contributed by atoms with Gasteiger partial charge in [0.2, 0.25) is 0 Å². The number of fused-ring (bicyclic) bond motifs is 7. The number of carboxylic acid groups (broad SMARTS) is 2. The fourth-order valence-electron chi connectivity index (χ4n) is 13.4. The lowest BCUT2D eigenvalue weighted by molar-refractivity contribution is -0.233. The first-order chi connectivity index (χ1) is 25.5. The molecule has 0 spiro atoms. The average molecular weight is 760 g/mol. The smallest absolute Gasteiger partial charge is 0.394 e. The van der Waals surface area contributed by atoms with Crippen LogP contribution in [0.15, 0.2) is 41.5 Å². The van der Waals surface area contributed by atoms with Gasteiger partial charge in [0.15, 0.2) is 5.78 Å². The maximum Gasteiger partial charge on any atom is 0.394 e. The lowest BCUT2D eigenvalue weighted by Gasteiger charge is -2.72. The van der Waals surface area contributed by atoms with Crippen LogP contribution in [0.5, 0.6) is 0 Å². The number of hydrogen-bond acceptors (Lipinski definition) is 6. The van der Waals surface area contributed by atoms with Gasteiger partial charge in [-0.2, -0.15) is 0 Å². The van der Waals surface area contributed by atoms with Gasteiger partial charge in [-0.1, -0.05) is 84.4 Å². The van der Waals surface area contributed by atoms with Crippen LogP contribution in [-0.4, -0.2) is 57.4 Å². The second-order valence-electron chi connectivity index (χ2n) is 20.4. The highest BCUT2D eigenvalue weighted by Crippen LogP contribution is 2.77. The Labute approximate surface area is 328 Å². The van der Waals surface area contributed by atoms with Crippen molar-refractivity contribution >= 4 is 29.6 Å². The number of carboxylic acids is 2. The Balaban J connectivity index is 1.28. The first-order valence-electron chi connectivity index (χ1n) is 20.8. The number of aliphatic carboxylic acids is 2. The molecule has 302 valence electrons. The summed E-state index contributed by atoms with van der Waals surface area (Å²) in [5.41, 5.74) is 1.30. The molecule has 2 N–H and O–H groups in total. The second kappa shape index (κ2) is 14.2. The first kappa shape index (κ1) is 41.2. The lowest BCUT2D eigenvalue weighted by Crippen LogP contribution is -2.65. The van der Waals surface area contributed by atoms with E-state index in [1.54, 1.807) is 13.8 Å². The number of hydrogen-bond donors (Lipinski definition) is 2. The van der Waals surface area contributed by atoms with Crippen molar-refractivity contribution in [3.63, 3.8) is 0 Å². The summed E-state index contributed by atoms with van der Waals surface area (Å²) in [5, 5.41) is 19.4. The molecule has 0 unspecified atom stereocenters. The van der Waals surface area contributed by atoms with E-state index in [9.17, 15) is 34.2 Å². The van der Waals surface area contributed by atoms with Gasteiger partial charge in [0.05, 0.1) is 11.8 Å². The second-order valence-corrected chi connectivity index (χ2v) is 20.4. The van der Waals surface area contributed by atoms with Gasteiger partial charge in [-0.15, -0.1) is 0 Å². The molecular formula is C46H65NO8. The molecule has 0 saturated heterocycles. The van der Waals surface area contributed by atoms with Gasteiger partial charge in [0, 0.05) is 30.3 Å². The monoisotopic (exact) mass is 759 g/mol. The summed E-state index contributed by atoms with van der Waals surface area (Å²) in [5.74, 6) is -2.51. The third-order valence-electron chi connectivity index (χ3n) is 16.5. The van der Waals surface area contributed by atoms with Crippen LogP contribution in [0.3, 0.4) is 0 Å². The van der Waals surface area contributed by atoms with E-state index in [-0.39, 0.29) is 64.9 Å². The first-order valence-corrected chi connectivity index (χ1v) is 20.8. The number of benzene rings is 1. The van der Waals surface area contributed by atoms with E-state index < -0.39 is 34.6 Å². The maximum atomic E-state index is 14.1. The largest absolute Gasteiger partial charge is 0.481 e. The molecule has 1 amide bonds. The Morgan fingerprint density at radius 1 is 0.873 bits per heavy atom. The normalized spacial score (nSPS) is 35.3. The van der Waals surface area contributed by atoms with Crippen molar-refractivity contribution < 1.29 is 38.9 Å². The molecule has 1 aromatic carbocycles.